The molecule has 0 aliphatic carbocycles. The summed E-state index contributed by atoms with van der Waals surface area (Å²) in [5.74, 6) is -1.32. The van der Waals surface area contributed by atoms with E-state index >= 15 is 0 Å². The fourth-order valence-corrected chi connectivity index (χ4v) is 4.20. The number of aryl methyl sites for hydroxylation is 2. The lowest BCUT2D eigenvalue weighted by atomic mass is 10.0. The summed E-state index contributed by atoms with van der Waals surface area (Å²) < 4.78 is 15.3. The first-order chi connectivity index (χ1) is 15.2. The Bertz CT molecular complexity index is 1310. The van der Waals surface area contributed by atoms with Gasteiger partial charge in [0.15, 0.2) is 5.11 Å². The molecule has 0 spiro atoms. The van der Waals surface area contributed by atoms with Crippen molar-refractivity contribution in [2.24, 2.45) is 0 Å². The molecule has 1 aromatic heterocycles. The summed E-state index contributed by atoms with van der Waals surface area (Å²) in [5.41, 5.74) is 5.81. The van der Waals surface area contributed by atoms with Crippen molar-refractivity contribution in [2.75, 3.05) is 4.90 Å². The van der Waals surface area contributed by atoms with Gasteiger partial charge in [-0.2, -0.15) is 0 Å². The molecule has 162 valence electrons. The third-order valence-corrected chi connectivity index (χ3v) is 6.06. The zero-order valence-electron chi connectivity index (χ0n) is 18.2. The molecule has 5 nitrogen and oxygen atoms in total. The Morgan fingerprint density at radius 3 is 2.38 bits per heavy atom. The molecular formula is C25H22FN3O2S. The molecule has 1 N–H and O–H groups in total. The van der Waals surface area contributed by atoms with Gasteiger partial charge in [0.2, 0.25) is 0 Å². The number of rotatable bonds is 3. The maximum absolute atomic E-state index is 13.4. The monoisotopic (exact) mass is 447 g/mol. The van der Waals surface area contributed by atoms with E-state index in [9.17, 15) is 14.0 Å². The topological polar surface area (TPSA) is 54.3 Å². The molecular weight excluding hydrogens is 425 g/mol. The average Bonchev–Trinajstić information content (AvgIpc) is 3.02. The van der Waals surface area contributed by atoms with Crippen molar-refractivity contribution >= 4 is 40.9 Å². The second-order valence-corrected chi connectivity index (χ2v) is 8.20. The Labute approximate surface area is 191 Å². The highest BCUT2D eigenvalue weighted by Crippen LogP contribution is 2.28. The lowest BCUT2D eigenvalue weighted by molar-refractivity contribution is -0.122. The van der Waals surface area contributed by atoms with Gasteiger partial charge in [0.05, 0.1) is 5.69 Å². The molecule has 1 saturated heterocycles. The molecule has 1 aliphatic rings. The van der Waals surface area contributed by atoms with Crippen LogP contribution in [0.1, 0.15) is 28.1 Å². The zero-order valence-corrected chi connectivity index (χ0v) is 19.0. The van der Waals surface area contributed by atoms with Gasteiger partial charge < -0.3 is 4.57 Å². The SMILES string of the molecule is Cc1cccc(N2C(=O)/C(=C/c3cc(C)n(-c4ccc(F)cc4)c3C)C(=O)NC2=S)c1C. The number of hydrogen-bond acceptors (Lipinski definition) is 3. The Kier molecular flexibility index (Phi) is 5.52. The minimum Gasteiger partial charge on any atom is -0.318 e. The number of nitrogens with zero attached hydrogens (tertiary/aromatic N) is 2. The zero-order chi connectivity index (χ0) is 23.2. The van der Waals surface area contributed by atoms with Crippen molar-refractivity contribution < 1.29 is 14.0 Å². The number of hydrogen-bond donors (Lipinski definition) is 1. The smallest absolute Gasteiger partial charge is 0.270 e. The number of carbonyl (C=O) groups excluding carboxylic acids is 2. The lowest BCUT2D eigenvalue weighted by Crippen LogP contribution is -2.54. The van der Waals surface area contributed by atoms with Gasteiger partial charge in [-0.25, -0.2) is 4.39 Å². The third-order valence-electron chi connectivity index (χ3n) is 5.77. The van der Waals surface area contributed by atoms with Crippen LogP contribution in [0, 0.1) is 33.5 Å². The number of nitrogens with one attached hydrogen (secondary N) is 1. The molecule has 2 heterocycles. The van der Waals surface area contributed by atoms with E-state index in [2.05, 4.69) is 5.32 Å². The van der Waals surface area contributed by atoms with E-state index in [1.807, 2.05) is 56.5 Å². The summed E-state index contributed by atoms with van der Waals surface area (Å²) in [4.78, 5) is 27.4. The van der Waals surface area contributed by atoms with Crippen LogP contribution in [-0.4, -0.2) is 21.5 Å². The van der Waals surface area contributed by atoms with Crippen molar-refractivity contribution in [1.82, 2.24) is 9.88 Å². The predicted molar refractivity (Wildman–Crippen MR) is 127 cm³/mol. The van der Waals surface area contributed by atoms with Gasteiger partial charge in [-0.05, 0) is 99.1 Å². The molecule has 1 fully saturated rings. The minimum atomic E-state index is -0.534. The third kappa shape index (κ3) is 3.65. The molecule has 0 saturated carbocycles. The first kappa shape index (κ1) is 21.6. The number of thiocarbonyl (C=S) groups is 1. The quantitative estimate of drug-likeness (QED) is 0.360. The van der Waals surface area contributed by atoms with E-state index in [1.54, 1.807) is 18.2 Å². The van der Waals surface area contributed by atoms with Crippen LogP contribution in [0.3, 0.4) is 0 Å². The van der Waals surface area contributed by atoms with Crippen molar-refractivity contribution in [3.8, 4) is 5.69 Å². The first-order valence-corrected chi connectivity index (χ1v) is 10.5. The molecule has 0 radical (unpaired) electrons. The standard InChI is InChI=1S/C25H22FN3O2S/c1-14-6-5-7-22(16(14)3)29-24(31)21(23(30)27-25(29)32)13-18-12-15(2)28(17(18)4)20-10-8-19(26)9-11-20/h5-13H,1-4H3,(H,27,30,32)/b21-13+. The first-order valence-electron chi connectivity index (χ1n) is 10.1. The van der Waals surface area contributed by atoms with Crippen molar-refractivity contribution in [3.05, 3.63) is 88.0 Å². The number of halogens is 1. The molecule has 2 aromatic carbocycles. The van der Waals surface area contributed by atoms with Gasteiger partial charge in [0, 0.05) is 17.1 Å². The largest absolute Gasteiger partial charge is 0.318 e. The highest BCUT2D eigenvalue weighted by atomic mass is 32.1. The summed E-state index contributed by atoms with van der Waals surface area (Å²) in [6, 6.07) is 13.7. The predicted octanol–water partition coefficient (Wildman–Crippen LogP) is 4.68. The Morgan fingerprint density at radius 1 is 1.00 bits per heavy atom. The van der Waals surface area contributed by atoms with E-state index < -0.39 is 11.8 Å². The maximum atomic E-state index is 13.4. The Morgan fingerprint density at radius 2 is 1.69 bits per heavy atom. The molecule has 0 bridgehead atoms. The molecule has 0 unspecified atom stereocenters. The number of benzene rings is 2. The van der Waals surface area contributed by atoms with E-state index in [0.29, 0.717) is 5.69 Å². The van der Waals surface area contributed by atoms with E-state index in [-0.39, 0.29) is 16.5 Å². The molecule has 7 heteroatoms. The summed E-state index contributed by atoms with van der Waals surface area (Å²) in [7, 11) is 0. The van der Waals surface area contributed by atoms with Gasteiger partial charge >= 0.3 is 0 Å². The van der Waals surface area contributed by atoms with Crippen molar-refractivity contribution in [1.29, 1.82) is 0 Å². The van der Waals surface area contributed by atoms with Gasteiger partial charge in [-0.15, -0.1) is 0 Å². The Balaban J connectivity index is 1.78. The number of carbonyl (C=O) groups is 2. The molecule has 4 rings (SSSR count). The van der Waals surface area contributed by atoms with Crippen LogP contribution in [0.2, 0.25) is 0 Å². The highest BCUT2D eigenvalue weighted by molar-refractivity contribution is 7.80. The number of amides is 2. The van der Waals surface area contributed by atoms with Crippen LogP contribution >= 0.6 is 12.2 Å². The maximum Gasteiger partial charge on any atom is 0.270 e. The van der Waals surface area contributed by atoms with Crippen LogP contribution in [-0.2, 0) is 9.59 Å². The second kappa shape index (κ2) is 8.16. The molecule has 32 heavy (non-hydrogen) atoms. The summed E-state index contributed by atoms with van der Waals surface area (Å²) in [6.07, 6.45) is 1.58. The van der Waals surface area contributed by atoms with Crippen molar-refractivity contribution in [3.63, 3.8) is 0 Å². The van der Waals surface area contributed by atoms with Crippen LogP contribution < -0.4 is 10.2 Å². The average molecular weight is 448 g/mol. The van der Waals surface area contributed by atoms with Crippen molar-refractivity contribution in [2.45, 2.75) is 27.7 Å². The summed E-state index contributed by atoms with van der Waals surface area (Å²) in [5, 5.41) is 2.69. The van der Waals surface area contributed by atoms with Crippen LogP contribution in [0.4, 0.5) is 10.1 Å². The molecule has 2 amide bonds. The Hall–Kier alpha value is -3.58. The molecule has 0 atom stereocenters. The van der Waals surface area contributed by atoms with Crippen LogP contribution in [0.25, 0.3) is 11.8 Å². The highest BCUT2D eigenvalue weighted by Gasteiger charge is 2.35. The fourth-order valence-electron chi connectivity index (χ4n) is 3.93. The van der Waals surface area contributed by atoms with E-state index in [4.69, 9.17) is 12.2 Å². The fraction of sp³-hybridized carbons (Fsp3) is 0.160. The van der Waals surface area contributed by atoms with Crippen LogP contribution in [0.15, 0.2) is 54.1 Å². The minimum absolute atomic E-state index is 0.00105. The van der Waals surface area contributed by atoms with Gasteiger partial charge in [0.25, 0.3) is 11.8 Å². The van der Waals surface area contributed by atoms with Crippen LogP contribution in [0.5, 0.6) is 0 Å². The van der Waals surface area contributed by atoms with E-state index in [1.165, 1.54) is 17.0 Å². The van der Waals surface area contributed by atoms with E-state index in [0.717, 1.165) is 33.8 Å². The molecule has 3 aromatic rings. The van der Waals surface area contributed by atoms with Gasteiger partial charge in [-0.3, -0.25) is 19.8 Å². The summed E-state index contributed by atoms with van der Waals surface area (Å²) in [6.45, 7) is 7.67. The summed E-state index contributed by atoms with van der Waals surface area (Å²) >= 11 is 5.32. The second-order valence-electron chi connectivity index (χ2n) is 7.82. The van der Waals surface area contributed by atoms with Gasteiger partial charge in [-0.1, -0.05) is 12.1 Å². The number of aromatic nitrogens is 1. The number of anilines is 1. The van der Waals surface area contributed by atoms with Gasteiger partial charge in [0.1, 0.15) is 11.4 Å². The normalized spacial score (nSPS) is 15.5. The molecule has 1 aliphatic heterocycles. The lowest BCUT2D eigenvalue weighted by Gasteiger charge is -2.30.